The number of aryl methyl sites for hydroxylation is 1. The van der Waals surface area contributed by atoms with Crippen molar-refractivity contribution in [3.05, 3.63) is 70.6 Å². The molecule has 0 aliphatic heterocycles. The first-order valence-electron chi connectivity index (χ1n) is 8.18. The topological polar surface area (TPSA) is 0 Å². The zero-order valence-electron chi connectivity index (χ0n) is 14.1. The van der Waals surface area contributed by atoms with E-state index in [1.54, 1.807) is 12.1 Å². The highest BCUT2D eigenvalue weighted by atomic mass is 32.1. The van der Waals surface area contributed by atoms with Gasteiger partial charge in [0, 0.05) is 20.9 Å². The van der Waals surface area contributed by atoms with Crippen LogP contribution in [-0.4, -0.2) is 0 Å². The summed E-state index contributed by atoms with van der Waals surface area (Å²) >= 11 is 1.51. The third-order valence-electron chi connectivity index (χ3n) is 4.25. The van der Waals surface area contributed by atoms with Crippen molar-refractivity contribution in [2.24, 2.45) is 0 Å². The molecule has 0 saturated heterocycles. The molecule has 2 aromatic carbocycles. The molecular weight excluding hydrogens is 322 g/mol. The van der Waals surface area contributed by atoms with Crippen LogP contribution < -0.4 is 0 Å². The number of halogens is 2. The van der Waals surface area contributed by atoms with Crippen LogP contribution in [0.15, 0.2) is 48.5 Å². The summed E-state index contributed by atoms with van der Waals surface area (Å²) in [7, 11) is 0. The van der Waals surface area contributed by atoms with Crippen molar-refractivity contribution in [3.8, 4) is 21.6 Å². The summed E-state index contributed by atoms with van der Waals surface area (Å²) in [6.45, 7) is 6.27. The molecule has 0 atom stereocenters. The highest BCUT2D eigenvalue weighted by molar-refractivity contribution is 7.15. The maximum atomic E-state index is 14.6. The second-order valence-corrected chi connectivity index (χ2v) is 7.35. The third kappa shape index (κ3) is 3.13. The van der Waals surface area contributed by atoms with Gasteiger partial charge in [-0.1, -0.05) is 51.1 Å². The van der Waals surface area contributed by atoms with Gasteiger partial charge in [0.2, 0.25) is 0 Å². The molecular formula is C21H20F2S. The van der Waals surface area contributed by atoms with Crippen molar-refractivity contribution < 1.29 is 8.78 Å². The van der Waals surface area contributed by atoms with E-state index in [4.69, 9.17) is 0 Å². The number of rotatable bonds is 4. The van der Waals surface area contributed by atoms with Crippen LogP contribution in [0.2, 0.25) is 0 Å². The van der Waals surface area contributed by atoms with Crippen molar-refractivity contribution in [2.45, 2.75) is 33.1 Å². The van der Waals surface area contributed by atoms with E-state index >= 15 is 0 Å². The predicted octanol–water partition coefficient (Wildman–Crippen LogP) is 7.05. The zero-order chi connectivity index (χ0) is 17.3. The lowest BCUT2D eigenvalue weighted by Gasteiger charge is -2.10. The summed E-state index contributed by atoms with van der Waals surface area (Å²) in [5, 5.41) is 0. The first kappa shape index (κ1) is 16.8. The highest BCUT2D eigenvalue weighted by Crippen LogP contribution is 2.35. The molecule has 0 radical (unpaired) electrons. The lowest BCUT2D eigenvalue weighted by Crippen LogP contribution is -1.94. The van der Waals surface area contributed by atoms with Gasteiger partial charge in [-0.15, -0.1) is 11.3 Å². The molecule has 0 nitrogen and oxygen atoms in total. The number of hydrogen-bond acceptors (Lipinski definition) is 1. The number of thiophene rings is 1. The standard InChI is InChI=1S/C21H20F2S/c1-4-16-9-12-19(24-16)18-11-10-17(20(22)21(18)23)15-7-5-14(6-8-15)13(2)3/h5-13H,4H2,1-3H3. The predicted molar refractivity (Wildman–Crippen MR) is 98.6 cm³/mol. The Morgan fingerprint density at radius 1 is 0.833 bits per heavy atom. The van der Waals surface area contributed by atoms with E-state index in [0.29, 0.717) is 22.6 Å². The molecule has 0 spiro atoms. The van der Waals surface area contributed by atoms with Crippen molar-refractivity contribution >= 4 is 11.3 Å². The Labute approximate surface area is 145 Å². The summed E-state index contributed by atoms with van der Waals surface area (Å²) in [6, 6.07) is 14.8. The Bertz CT molecular complexity index is 845. The second kappa shape index (κ2) is 6.86. The van der Waals surface area contributed by atoms with Crippen molar-refractivity contribution in [1.82, 2.24) is 0 Å². The van der Waals surface area contributed by atoms with Gasteiger partial charge in [0.15, 0.2) is 11.6 Å². The van der Waals surface area contributed by atoms with Crippen molar-refractivity contribution in [3.63, 3.8) is 0 Å². The molecule has 0 N–H and O–H groups in total. The summed E-state index contributed by atoms with van der Waals surface area (Å²) in [4.78, 5) is 1.93. The van der Waals surface area contributed by atoms with Gasteiger partial charge in [0.05, 0.1) is 0 Å². The van der Waals surface area contributed by atoms with Crippen LogP contribution >= 0.6 is 11.3 Å². The van der Waals surface area contributed by atoms with Crippen LogP contribution in [-0.2, 0) is 6.42 Å². The zero-order valence-corrected chi connectivity index (χ0v) is 14.9. The molecule has 0 bridgehead atoms. The van der Waals surface area contributed by atoms with Gasteiger partial charge >= 0.3 is 0 Å². The SMILES string of the molecule is CCc1ccc(-c2ccc(-c3ccc(C(C)C)cc3)c(F)c2F)s1. The Kier molecular flexibility index (Phi) is 4.81. The molecule has 24 heavy (non-hydrogen) atoms. The first-order valence-corrected chi connectivity index (χ1v) is 9.00. The van der Waals surface area contributed by atoms with Gasteiger partial charge in [-0.3, -0.25) is 0 Å². The van der Waals surface area contributed by atoms with E-state index in [9.17, 15) is 8.78 Å². The number of benzene rings is 2. The van der Waals surface area contributed by atoms with Crippen LogP contribution in [0.25, 0.3) is 21.6 Å². The molecule has 3 rings (SSSR count). The monoisotopic (exact) mass is 342 g/mol. The Hall–Kier alpha value is -2.00. The van der Waals surface area contributed by atoms with Crippen LogP contribution in [0.4, 0.5) is 8.78 Å². The van der Waals surface area contributed by atoms with E-state index in [1.807, 2.05) is 36.4 Å². The first-order chi connectivity index (χ1) is 11.5. The van der Waals surface area contributed by atoms with Gasteiger partial charge in [-0.2, -0.15) is 0 Å². The minimum atomic E-state index is -0.781. The Balaban J connectivity index is 2.00. The summed E-state index contributed by atoms with van der Waals surface area (Å²) in [5.41, 5.74) is 2.52. The minimum absolute atomic E-state index is 0.304. The van der Waals surface area contributed by atoms with Gasteiger partial charge in [0.25, 0.3) is 0 Å². The molecule has 0 fully saturated rings. The summed E-state index contributed by atoms with van der Waals surface area (Å²) in [6.07, 6.45) is 0.898. The van der Waals surface area contributed by atoms with Crippen LogP contribution in [0.5, 0.6) is 0 Å². The minimum Gasteiger partial charge on any atom is -0.203 e. The van der Waals surface area contributed by atoms with Gasteiger partial charge in [0.1, 0.15) is 0 Å². The fourth-order valence-corrected chi connectivity index (χ4v) is 3.69. The smallest absolute Gasteiger partial charge is 0.168 e. The maximum absolute atomic E-state index is 14.6. The van der Waals surface area contributed by atoms with Gasteiger partial charge in [-0.05, 0) is 41.7 Å². The summed E-state index contributed by atoms with van der Waals surface area (Å²) < 4.78 is 29.2. The lowest BCUT2D eigenvalue weighted by molar-refractivity contribution is 0.514. The quantitative estimate of drug-likeness (QED) is 0.477. The van der Waals surface area contributed by atoms with E-state index < -0.39 is 11.6 Å². The fourth-order valence-electron chi connectivity index (χ4n) is 2.72. The van der Waals surface area contributed by atoms with Gasteiger partial charge in [-0.25, -0.2) is 8.78 Å². The van der Waals surface area contributed by atoms with E-state index in [2.05, 4.69) is 20.8 Å². The second-order valence-electron chi connectivity index (χ2n) is 6.18. The van der Waals surface area contributed by atoms with Gasteiger partial charge < -0.3 is 0 Å². The van der Waals surface area contributed by atoms with Crippen molar-refractivity contribution in [1.29, 1.82) is 0 Å². The van der Waals surface area contributed by atoms with E-state index in [0.717, 1.165) is 16.2 Å². The lowest BCUT2D eigenvalue weighted by atomic mass is 9.97. The van der Waals surface area contributed by atoms with E-state index in [-0.39, 0.29) is 0 Å². The Morgan fingerprint density at radius 3 is 2.04 bits per heavy atom. The highest BCUT2D eigenvalue weighted by Gasteiger charge is 2.17. The molecule has 0 saturated carbocycles. The van der Waals surface area contributed by atoms with Crippen LogP contribution in [0.1, 0.15) is 37.1 Å². The molecule has 1 heterocycles. The average Bonchev–Trinajstić information content (AvgIpc) is 3.06. The average molecular weight is 342 g/mol. The molecule has 3 aromatic rings. The number of hydrogen-bond donors (Lipinski definition) is 0. The van der Waals surface area contributed by atoms with Crippen LogP contribution in [0.3, 0.4) is 0 Å². The van der Waals surface area contributed by atoms with Crippen LogP contribution in [0, 0.1) is 11.6 Å². The molecule has 0 unspecified atom stereocenters. The molecule has 3 heteroatoms. The molecule has 1 aromatic heterocycles. The Morgan fingerprint density at radius 2 is 1.46 bits per heavy atom. The molecule has 124 valence electrons. The van der Waals surface area contributed by atoms with E-state index in [1.165, 1.54) is 16.9 Å². The molecule has 0 aliphatic rings. The molecule has 0 aliphatic carbocycles. The fraction of sp³-hybridized carbons (Fsp3) is 0.238. The maximum Gasteiger partial charge on any atom is 0.168 e. The third-order valence-corrected chi connectivity index (χ3v) is 5.51. The normalized spacial score (nSPS) is 11.2. The molecule has 0 amide bonds. The largest absolute Gasteiger partial charge is 0.203 e. The van der Waals surface area contributed by atoms with Crippen molar-refractivity contribution in [2.75, 3.05) is 0 Å². The summed E-state index contributed by atoms with van der Waals surface area (Å²) in [5.74, 6) is -1.14.